The number of ether oxygens (including phenoxy) is 1. The fourth-order valence-corrected chi connectivity index (χ4v) is 4.30. The quantitative estimate of drug-likeness (QED) is 0.679. The van der Waals surface area contributed by atoms with Gasteiger partial charge in [0.15, 0.2) is 0 Å². The van der Waals surface area contributed by atoms with E-state index in [4.69, 9.17) is 4.74 Å². The maximum Gasteiger partial charge on any atom is 0.328 e. The van der Waals surface area contributed by atoms with E-state index in [0.29, 0.717) is 11.1 Å². The number of aromatic nitrogens is 1. The Morgan fingerprint density at radius 1 is 1.26 bits per heavy atom. The molecule has 0 saturated carbocycles. The highest BCUT2D eigenvalue weighted by molar-refractivity contribution is 7.22. The summed E-state index contributed by atoms with van der Waals surface area (Å²) in [7, 11) is 1.36. The minimum Gasteiger partial charge on any atom is -0.467 e. The number of aryl methyl sites for hydroxylation is 1. The molecular weight excluding hydrogens is 310 g/mol. The zero-order chi connectivity index (χ0) is 16.0. The summed E-state index contributed by atoms with van der Waals surface area (Å²) < 4.78 is 7.15. The number of hydrogen-bond donors (Lipinski definition) is 0. The third kappa shape index (κ3) is 2.19. The molecule has 116 valence electrons. The average Bonchev–Trinajstić information content (AvgIpc) is 3.20. The third-order valence-electron chi connectivity index (χ3n) is 4.32. The number of methoxy groups -OCH3 is 1. The van der Waals surface area contributed by atoms with Crippen LogP contribution in [0.15, 0.2) is 47.3 Å². The summed E-state index contributed by atoms with van der Waals surface area (Å²) >= 11 is 1.48. The average molecular weight is 325 g/mol. The smallest absolute Gasteiger partial charge is 0.328 e. The van der Waals surface area contributed by atoms with Crippen molar-refractivity contribution in [3.63, 3.8) is 0 Å². The summed E-state index contributed by atoms with van der Waals surface area (Å²) in [4.78, 5) is 25.8. The molecule has 0 amide bonds. The van der Waals surface area contributed by atoms with Crippen molar-refractivity contribution >= 4 is 27.4 Å². The fourth-order valence-electron chi connectivity index (χ4n) is 3.22. The second-order valence-corrected chi connectivity index (χ2v) is 6.70. The van der Waals surface area contributed by atoms with Crippen molar-refractivity contribution in [3.8, 4) is 10.4 Å². The predicted octanol–water partition coefficient (Wildman–Crippen LogP) is 3.39. The third-order valence-corrected chi connectivity index (χ3v) is 5.51. The number of fused-ring (bicyclic) bond motifs is 2. The molecule has 0 spiro atoms. The highest BCUT2D eigenvalue weighted by Crippen LogP contribution is 2.34. The Morgan fingerprint density at radius 3 is 2.78 bits per heavy atom. The molecule has 0 saturated heterocycles. The van der Waals surface area contributed by atoms with Gasteiger partial charge in [-0.05, 0) is 30.5 Å². The van der Waals surface area contributed by atoms with Gasteiger partial charge in [0, 0.05) is 16.0 Å². The first kappa shape index (κ1) is 14.2. The Bertz CT molecular complexity index is 956. The Morgan fingerprint density at radius 2 is 2.04 bits per heavy atom. The number of nitrogens with zero attached hydrogens (tertiary/aromatic N) is 1. The first-order chi connectivity index (χ1) is 11.2. The number of carbonyl (C=O) groups excluding carboxylic acids is 1. The maximum atomic E-state index is 12.9. The molecule has 0 fully saturated rings. The first-order valence-corrected chi connectivity index (χ1v) is 8.32. The summed E-state index contributed by atoms with van der Waals surface area (Å²) in [5.74, 6) is -0.343. The molecule has 0 aliphatic carbocycles. The van der Waals surface area contributed by atoms with E-state index in [1.54, 1.807) is 4.57 Å². The molecule has 3 heterocycles. The van der Waals surface area contributed by atoms with Crippen LogP contribution in [0.5, 0.6) is 0 Å². The molecule has 1 aliphatic rings. The van der Waals surface area contributed by atoms with Gasteiger partial charge in [-0.15, -0.1) is 11.3 Å². The van der Waals surface area contributed by atoms with Crippen molar-refractivity contribution in [1.82, 2.24) is 4.57 Å². The Balaban J connectivity index is 1.90. The van der Waals surface area contributed by atoms with Gasteiger partial charge in [-0.25, -0.2) is 4.79 Å². The van der Waals surface area contributed by atoms with Crippen molar-refractivity contribution in [1.29, 1.82) is 0 Å². The summed E-state index contributed by atoms with van der Waals surface area (Å²) in [5.41, 5.74) is 1.93. The van der Waals surface area contributed by atoms with Crippen LogP contribution in [0.25, 0.3) is 20.5 Å². The summed E-state index contributed by atoms with van der Waals surface area (Å²) in [6.07, 6.45) is 1.35. The monoisotopic (exact) mass is 325 g/mol. The maximum absolute atomic E-state index is 12.9. The van der Waals surface area contributed by atoms with E-state index < -0.39 is 6.04 Å². The second kappa shape index (κ2) is 5.35. The van der Waals surface area contributed by atoms with E-state index in [9.17, 15) is 9.59 Å². The van der Waals surface area contributed by atoms with Crippen LogP contribution < -0.4 is 5.56 Å². The van der Waals surface area contributed by atoms with Crippen LogP contribution in [0, 0.1) is 0 Å². The number of pyridine rings is 1. The molecule has 4 rings (SSSR count). The summed E-state index contributed by atoms with van der Waals surface area (Å²) in [5, 5.41) is 0.954. The van der Waals surface area contributed by atoms with E-state index in [0.717, 1.165) is 27.9 Å². The minimum atomic E-state index is -0.492. The summed E-state index contributed by atoms with van der Waals surface area (Å²) in [6, 6.07) is 13.6. The predicted molar refractivity (Wildman–Crippen MR) is 90.9 cm³/mol. The molecule has 23 heavy (non-hydrogen) atoms. The second-order valence-electron chi connectivity index (χ2n) is 5.65. The molecule has 4 nitrogen and oxygen atoms in total. The van der Waals surface area contributed by atoms with Crippen molar-refractivity contribution in [2.45, 2.75) is 18.9 Å². The number of carbonyl (C=O) groups is 1. The van der Waals surface area contributed by atoms with Crippen molar-refractivity contribution in [3.05, 3.63) is 58.5 Å². The zero-order valence-electron chi connectivity index (χ0n) is 12.6. The van der Waals surface area contributed by atoms with Crippen LogP contribution in [0.1, 0.15) is 18.2 Å². The fraction of sp³-hybridized carbons (Fsp3) is 0.222. The summed E-state index contributed by atoms with van der Waals surface area (Å²) in [6.45, 7) is 0. The molecule has 0 bridgehead atoms. The van der Waals surface area contributed by atoms with Crippen LogP contribution in [0.3, 0.4) is 0 Å². The molecule has 2 aromatic heterocycles. The standard InChI is InChI=1S/C18H15NO3S/c1-22-18(21)14-8-7-13-9-12-10-15(11-5-3-2-4-6-11)23-16(12)17(20)19(13)14/h2-6,9-10,14H,7-8H2,1H3. The molecule has 5 heteroatoms. The van der Waals surface area contributed by atoms with Gasteiger partial charge in [-0.2, -0.15) is 0 Å². The van der Waals surface area contributed by atoms with Gasteiger partial charge in [0.1, 0.15) is 10.7 Å². The van der Waals surface area contributed by atoms with Gasteiger partial charge in [0.2, 0.25) is 0 Å². The van der Waals surface area contributed by atoms with Crippen LogP contribution in [-0.4, -0.2) is 17.6 Å². The highest BCUT2D eigenvalue weighted by Gasteiger charge is 2.31. The number of thiophene rings is 1. The molecule has 1 atom stereocenters. The highest BCUT2D eigenvalue weighted by atomic mass is 32.1. The normalized spacial score (nSPS) is 16.5. The Labute approximate surface area is 136 Å². The van der Waals surface area contributed by atoms with Crippen LogP contribution in [-0.2, 0) is 16.0 Å². The molecule has 3 aromatic rings. The number of hydrogen-bond acceptors (Lipinski definition) is 4. The number of benzene rings is 1. The van der Waals surface area contributed by atoms with Gasteiger partial charge in [-0.3, -0.25) is 9.36 Å². The van der Waals surface area contributed by atoms with Crippen molar-refractivity contribution in [2.24, 2.45) is 0 Å². The van der Waals surface area contributed by atoms with E-state index in [1.807, 2.05) is 36.4 Å². The van der Waals surface area contributed by atoms with E-state index in [1.165, 1.54) is 18.4 Å². The largest absolute Gasteiger partial charge is 0.467 e. The van der Waals surface area contributed by atoms with E-state index in [-0.39, 0.29) is 11.5 Å². The SMILES string of the molecule is COC(=O)C1CCc2cc3cc(-c4ccccc4)sc3c(=O)n21. The van der Waals surface area contributed by atoms with Gasteiger partial charge < -0.3 is 4.74 Å². The Hall–Kier alpha value is -2.40. The van der Waals surface area contributed by atoms with Crippen molar-refractivity contribution < 1.29 is 9.53 Å². The molecule has 1 unspecified atom stereocenters. The lowest BCUT2D eigenvalue weighted by molar-refractivity contribution is -0.144. The Kier molecular flexibility index (Phi) is 3.31. The van der Waals surface area contributed by atoms with E-state index >= 15 is 0 Å². The first-order valence-electron chi connectivity index (χ1n) is 7.50. The van der Waals surface area contributed by atoms with Crippen molar-refractivity contribution in [2.75, 3.05) is 7.11 Å². The van der Waals surface area contributed by atoms with E-state index in [2.05, 4.69) is 6.07 Å². The van der Waals surface area contributed by atoms with Gasteiger partial charge >= 0.3 is 5.97 Å². The van der Waals surface area contributed by atoms with Crippen LogP contribution in [0.2, 0.25) is 0 Å². The van der Waals surface area contributed by atoms with Gasteiger partial charge in [-0.1, -0.05) is 30.3 Å². The lowest BCUT2D eigenvalue weighted by atomic mass is 10.1. The molecule has 1 aliphatic heterocycles. The van der Waals surface area contributed by atoms with Crippen LogP contribution in [0.4, 0.5) is 0 Å². The lowest BCUT2D eigenvalue weighted by Crippen LogP contribution is -2.28. The number of esters is 1. The molecular formula is C18H15NO3S. The molecule has 1 aromatic carbocycles. The lowest BCUT2D eigenvalue weighted by Gasteiger charge is -2.11. The minimum absolute atomic E-state index is 0.0856. The van der Waals surface area contributed by atoms with Crippen LogP contribution >= 0.6 is 11.3 Å². The van der Waals surface area contributed by atoms with Gasteiger partial charge in [0.05, 0.1) is 7.11 Å². The zero-order valence-corrected chi connectivity index (χ0v) is 13.4. The topological polar surface area (TPSA) is 48.3 Å². The number of rotatable bonds is 2. The molecule has 0 N–H and O–H groups in total. The molecule has 0 radical (unpaired) electrons. The van der Waals surface area contributed by atoms with Gasteiger partial charge in [0.25, 0.3) is 5.56 Å².